The molecule has 0 spiro atoms. The molecule has 0 aliphatic carbocycles. The molecule has 0 saturated carbocycles. The van der Waals surface area contributed by atoms with Crippen molar-refractivity contribution >= 4 is 12.1 Å². The van der Waals surface area contributed by atoms with Crippen molar-refractivity contribution < 1.29 is 10.0 Å². The third-order valence-electron chi connectivity index (χ3n) is 2.28. The van der Waals surface area contributed by atoms with Gasteiger partial charge in [0.2, 0.25) is 0 Å². The number of oxime groups is 1. The molecule has 0 radical (unpaired) electrons. The van der Waals surface area contributed by atoms with Crippen molar-refractivity contribution in [1.82, 2.24) is 10.6 Å². The summed E-state index contributed by atoms with van der Waals surface area (Å²) >= 11 is 0. The Hall–Kier alpha value is -1.10. The Kier molecular flexibility index (Phi) is 8.40. The van der Waals surface area contributed by atoms with Gasteiger partial charge in [-0.05, 0) is 37.8 Å². The third kappa shape index (κ3) is 12.8. The van der Waals surface area contributed by atoms with Crippen molar-refractivity contribution in [2.24, 2.45) is 10.6 Å². The molecule has 0 aromatic heterocycles. The zero-order valence-corrected chi connectivity index (χ0v) is 11.1. The van der Waals surface area contributed by atoms with Gasteiger partial charge in [-0.1, -0.05) is 25.9 Å². The molecule has 0 heterocycles. The highest BCUT2D eigenvalue weighted by molar-refractivity contribution is 6.25. The smallest absolute Gasteiger partial charge is 0.265 e. The van der Waals surface area contributed by atoms with E-state index >= 15 is 0 Å². The Labute approximate surface area is 104 Å². The van der Waals surface area contributed by atoms with Gasteiger partial charge in [-0.15, -0.1) is 0 Å². The molecule has 1 amide bonds. The number of nitrogens with one attached hydrogen (secondary N) is 2. The third-order valence-corrected chi connectivity index (χ3v) is 2.28. The number of nitrogens with zero attached hydrogens (tertiary/aromatic N) is 1. The lowest BCUT2D eigenvalue weighted by Crippen LogP contribution is -2.28. The zero-order valence-electron chi connectivity index (χ0n) is 11.1. The molecule has 0 aromatic carbocycles. The summed E-state index contributed by atoms with van der Waals surface area (Å²) in [7, 11) is 0. The topological polar surface area (TPSA) is 73.7 Å². The fourth-order valence-electron chi connectivity index (χ4n) is 1.39. The van der Waals surface area contributed by atoms with Gasteiger partial charge in [0.25, 0.3) is 5.91 Å². The second kappa shape index (κ2) is 8.98. The summed E-state index contributed by atoms with van der Waals surface area (Å²) < 4.78 is 0. The van der Waals surface area contributed by atoms with E-state index < -0.39 is 0 Å². The predicted molar refractivity (Wildman–Crippen MR) is 69.5 cm³/mol. The minimum Gasteiger partial charge on any atom is -0.411 e. The molecule has 5 heteroatoms. The van der Waals surface area contributed by atoms with Gasteiger partial charge in [0, 0.05) is 6.54 Å². The fraction of sp³-hybridized carbons (Fsp3) is 0.833. The van der Waals surface area contributed by atoms with Crippen LogP contribution in [-0.4, -0.2) is 37.0 Å². The lowest BCUT2D eigenvalue weighted by molar-refractivity contribution is -0.114. The molecular formula is C12H25N3O2. The lowest BCUT2D eigenvalue weighted by atomic mass is 9.91. The molecule has 100 valence electrons. The van der Waals surface area contributed by atoms with Crippen LogP contribution in [0.2, 0.25) is 0 Å². The number of hydrogen-bond acceptors (Lipinski definition) is 4. The van der Waals surface area contributed by atoms with E-state index in [4.69, 9.17) is 5.21 Å². The molecule has 3 N–H and O–H groups in total. The van der Waals surface area contributed by atoms with Gasteiger partial charge in [-0.2, -0.15) is 0 Å². The molecule has 0 atom stereocenters. The van der Waals surface area contributed by atoms with E-state index in [1.807, 2.05) is 0 Å². The van der Waals surface area contributed by atoms with Crippen LogP contribution in [0.3, 0.4) is 0 Å². The van der Waals surface area contributed by atoms with E-state index in [2.05, 4.69) is 36.6 Å². The maximum absolute atomic E-state index is 10.8. The molecule has 0 fully saturated rings. The quantitative estimate of drug-likeness (QED) is 0.261. The van der Waals surface area contributed by atoms with E-state index in [-0.39, 0.29) is 5.91 Å². The fourth-order valence-corrected chi connectivity index (χ4v) is 1.39. The molecule has 0 aliphatic heterocycles. The number of amides is 1. The van der Waals surface area contributed by atoms with E-state index in [1.165, 1.54) is 12.8 Å². The van der Waals surface area contributed by atoms with Crippen molar-refractivity contribution in [2.45, 2.75) is 40.0 Å². The predicted octanol–water partition coefficient (Wildman–Crippen LogP) is 1.37. The summed E-state index contributed by atoms with van der Waals surface area (Å²) in [6.45, 7) is 9.23. The monoisotopic (exact) mass is 243 g/mol. The average molecular weight is 243 g/mol. The largest absolute Gasteiger partial charge is 0.411 e. The number of carbonyl (C=O) groups excluding carboxylic acids is 1. The highest BCUT2D eigenvalue weighted by Crippen LogP contribution is 2.19. The second-order valence-electron chi connectivity index (χ2n) is 5.30. The van der Waals surface area contributed by atoms with E-state index in [9.17, 15) is 4.79 Å². The summed E-state index contributed by atoms with van der Waals surface area (Å²) in [5.74, 6) is -0.361. The van der Waals surface area contributed by atoms with E-state index in [0.29, 0.717) is 12.0 Å². The Bertz CT molecular complexity index is 234. The molecule has 0 saturated heterocycles. The Balaban J connectivity index is 3.22. The minimum atomic E-state index is -0.361. The number of hydrogen-bond donors (Lipinski definition) is 3. The zero-order chi connectivity index (χ0) is 13.1. The van der Waals surface area contributed by atoms with Crippen LogP contribution in [0.5, 0.6) is 0 Å². The molecule has 0 rings (SSSR count). The first-order chi connectivity index (χ1) is 7.95. The summed E-state index contributed by atoms with van der Waals surface area (Å²) in [6, 6.07) is 0. The molecule has 0 aliphatic rings. The van der Waals surface area contributed by atoms with Crippen LogP contribution in [0, 0.1) is 5.41 Å². The van der Waals surface area contributed by atoms with Crippen LogP contribution >= 0.6 is 0 Å². The number of rotatable bonds is 8. The summed E-state index contributed by atoms with van der Waals surface area (Å²) in [6.07, 6.45) is 4.12. The highest BCUT2D eigenvalue weighted by Gasteiger charge is 2.08. The van der Waals surface area contributed by atoms with Gasteiger partial charge in [-0.3, -0.25) is 4.79 Å². The van der Waals surface area contributed by atoms with Crippen molar-refractivity contribution in [3.8, 4) is 0 Å². The van der Waals surface area contributed by atoms with E-state index in [0.717, 1.165) is 25.7 Å². The Morgan fingerprint density at radius 1 is 1.24 bits per heavy atom. The maximum atomic E-state index is 10.8. The van der Waals surface area contributed by atoms with Crippen molar-refractivity contribution in [1.29, 1.82) is 0 Å². The van der Waals surface area contributed by atoms with Crippen LogP contribution in [0.1, 0.15) is 40.0 Å². The maximum Gasteiger partial charge on any atom is 0.265 e. The summed E-state index contributed by atoms with van der Waals surface area (Å²) in [5, 5.41) is 16.7. The first kappa shape index (κ1) is 15.9. The second-order valence-corrected chi connectivity index (χ2v) is 5.30. The standard InChI is InChI=1S/C12H25N3O2/c1-12(2,3)6-4-7-13-8-5-9-14-11(16)10-15-17/h10,13,17H,4-9H2,1-3H3,(H,14,16)/b15-10-. The van der Waals surface area contributed by atoms with Gasteiger partial charge in [0.05, 0.1) is 0 Å². The normalized spacial score (nSPS) is 11.9. The van der Waals surface area contributed by atoms with Crippen LogP contribution in [-0.2, 0) is 4.79 Å². The van der Waals surface area contributed by atoms with Gasteiger partial charge < -0.3 is 15.8 Å². The highest BCUT2D eigenvalue weighted by atomic mass is 16.4. The minimum absolute atomic E-state index is 0.361. The van der Waals surface area contributed by atoms with E-state index in [1.54, 1.807) is 0 Å². The molecule has 0 aromatic rings. The van der Waals surface area contributed by atoms with Crippen LogP contribution in [0.25, 0.3) is 0 Å². The van der Waals surface area contributed by atoms with Crippen molar-refractivity contribution in [3.05, 3.63) is 0 Å². The summed E-state index contributed by atoms with van der Waals surface area (Å²) in [5.41, 5.74) is 0.402. The van der Waals surface area contributed by atoms with Gasteiger partial charge in [-0.25, -0.2) is 0 Å². The van der Waals surface area contributed by atoms with Crippen molar-refractivity contribution in [2.75, 3.05) is 19.6 Å². The molecular weight excluding hydrogens is 218 g/mol. The van der Waals surface area contributed by atoms with Gasteiger partial charge >= 0.3 is 0 Å². The molecule has 0 unspecified atom stereocenters. The van der Waals surface area contributed by atoms with Gasteiger partial charge in [0.1, 0.15) is 6.21 Å². The first-order valence-corrected chi connectivity index (χ1v) is 6.12. The SMILES string of the molecule is CC(C)(C)CCCNCCCNC(=O)/C=N\O. The molecule has 17 heavy (non-hydrogen) atoms. The average Bonchev–Trinajstić information content (AvgIpc) is 2.21. The molecule has 5 nitrogen and oxygen atoms in total. The first-order valence-electron chi connectivity index (χ1n) is 6.12. The lowest BCUT2D eigenvalue weighted by Gasteiger charge is -2.17. The number of carbonyl (C=O) groups is 1. The van der Waals surface area contributed by atoms with Gasteiger partial charge in [0.15, 0.2) is 0 Å². The Morgan fingerprint density at radius 2 is 1.88 bits per heavy atom. The Morgan fingerprint density at radius 3 is 2.47 bits per heavy atom. The van der Waals surface area contributed by atoms with Crippen molar-refractivity contribution in [3.63, 3.8) is 0 Å². The van der Waals surface area contributed by atoms with Crippen LogP contribution < -0.4 is 10.6 Å². The summed E-state index contributed by atoms with van der Waals surface area (Å²) in [4.78, 5) is 10.8. The van der Waals surface area contributed by atoms with Crippen LogP contribution in [0.4, 0.5) is 0 Å². The molecule has 0 bridgehead atoms. The van der Waals surface area contributed by atoms with Crippen LogP contribution in [0.15, 0.2) is 5.16 Å².